The van der Waals surface area contributed by atoms with Gasteiger partial charge in [0.2, 0.25) is 5.88 Å². The maximum atomic E-state index is 13.1. The number of thioether (sulfide) groups is 1. The molecule has 7 heteroatoms. The topological polar surface area (TPSA) is 51.2 Å². The third kappa shape index (κ3) is 4.19. The summed E-state index contributed by atoms with van der Waals surface area (Å²) in [6.07, 6.45) is 2.52. The van der Waals surface area contributed by atoms with Crippen LogP contribution in [0.25, 0.3) is 0 Å². The highest BCUT2D eigenvalue weighted by Gasteiger charge is 2.17. The molecule has 120 valence electrons. The standard InChI is InChI=1S/C16H14F2N2O2S/c17-11-5-12(18)7-13(6-11)20-16(21)10-1-2-15(19-8-10)22-14-3-4-23-9-14/h1-2,5-8,14H,3-4,9H2,(H,20,21). The van der Waals surface area contributed by atoms with Gasteiger partial charge in [-0.25, -0.2) is 13.8 Å². The number of nitrogens with one attached hydrogen (secondary N) is 1. The van der Waals surface area contributed by atoms with Crippen molar-refractivity contribution in [2.45, 2.75) is 12.5 Å². The molecule has 1 amide bonds. The summed E-state index contributed by atoms with van der Waals surface area (Å²) >= 11 is 1.83. The average molecular weight is 336 g/mol. The fraction of sp³-hybridized carbons (Fsp3) is 0.250. The Morgan fingerprint density at radius 3 is 2.65 bits per heavy atom. The van der Waals surface area contributed by atoms with Crippen LogP contribution in [0.3, 0.4) is 0 Å². The van der Waals surface area contributed by atoms with Crippen molar-refractivity contribution >= 4 is 23.4 Å². The number of carbonyl (C=O) groups is 1. The number of pyridine rings is 1. The molecule has 1 aliphatic heterocycles. The molecule has 3 rings (SSSR count). The number of halogens is 2. The predicted octanol–water partition coefficient (Wildman–Crippen LogP) is 3.50. The van der Waals surface area contributed by atoms with E-state index in [1.54, 1.807) is 12.1 Å². The Kier molecular flexibility index (Phi) is 4.76. The number of hydrogen-bond donors (Lipinski definition) is 1. The molecular formula is C16H14F2N2O2S. The molecule has 1 aliphatic rings. The molecule has 1 fully saturated rings. The highest BCUT2D eigenvalue weighted by Crippen LogP contribution is 2.22. The van der Waals surface area contributed by atoms with E-state index in [1.807, 2.05) is 11.8 Å². The van der Waals surface area contributed by atoms with Crippen molar-refractivity contribution in [3.8, 4) is 5.88 Å². The maximum absolute atomic E-state index is 13.1. The Hall–Kier alpha value is -2.15. The summed E-state index contributed by atoms with van der Waals surface area (Å²) < 4.78 is 31.9. The van der Waals surface area contributed by atoms with Gasteiger partial charge in [-0.15, -0.1) is 0 Å². The third-order valence-electron chi connectivity index (χ3n) is 3.29. The summed E-state index contributed by atoms with van der Waals surface area (Å²) in [5.41, 5.74) is 0.332. The van der Waals surface area contributed by atoms with Crippen LogP contribution in [0.5, 0.6) is 5.88 Å². The molecule has 1 aromatic carbocycles. The zero-order chi connectivity index (χ0) is 16.2. The van der Waals surface area contributed by atoms with Gasteiger partial charge in [0.25, 0.3) is 5.91 Å². The number of amides is 1. The van der Waals surface area contributed by atoms with Crippen LogP contribution in [-0.4, -0.2) is 28.5 Å². The second-order valence-electron chi connectivity index (χ2n) is 5.10. The minimum absolute atomic E-state index is 0.0517. The second kappa shape index (κ2) is 6.95. The van der Waals surface area contributed by atoms with Gasteiger partial charge in [0.05, 0.1) is 5.56 Å². The smallest absolute Gasteiger partial charge is 0.257 e. The van der Waals surface area contributed by atoms with Crippen molar-refractivity contribution in [1.82, 2.24) is 4.98 Å². The number of carbonyl (C=O) groups excluding carboxylic acids is 1. The van der Waals surface area contributed by atoms with E-state index in [2.05, 4.69) is 10.3 Å². The van der Waals surface area contributed by atoms with Gasteiger partial charge in [0, 0.05) is 29.8 Å². The lowest BCUT2D eigenvalue weighted by atomic mass is 10.2. The first-order valence-corrected chi connectivity index (χ1v) is 8.23. The van der Waals surface area contributed by atoms with Crippen LogP contribution in [0.4, 0.5) is 14.5 Å². The van der Waals surface area contributed by atoms with Crippen molar-refractivity contribution in [2.24, 2.45) is 0 Å². The van der Waals surface area contributed by atoms with Crippen LogP contribution < -0.4 is 10.1 Å². The third-order valence-corrected chi connectivity index (χ3v) is 4.43. The molecule has 0 saturated carbocycles. The zero-order valence-electron chi connectivity index (χ0n) is 12.1. The summed E-state index contributed by atoms with van der Waals surface area (Å²) in [5, 5.41) is 2.43. The van der Waals surface area contributed by atoms with E-state index in [9.17, 15) is 13.6 Å². The Labute approximate surface area is 136 Å². The quantitative estimate of drug-likeness (QED) is 0.928. The number of hydrogen-bond acceptors (Lipinski definition) is 4. The number of nitrogens with zero attached hydrogens (tertiary/aromatic N) is 1. The summed E-state index contributed by atoms with van der Waals surface area (Å²) in [6, 6.07) is 6.01. The highest BCUT2D eigenvalue weighted by atomic mass is 32.2. The zero-order valence-corrected chi connectivity index (χ0v) is 12.9. The second-order valence-corrected chi connectivity index (χ2v) is 6.25. The molecule has 4 nitrogen and oxygen atoms in total. The SMILES string of the molecule is O=C(Nc1cc(F)cc(F)c1)c1ccc(OC2CCSC2)nc1. The first-order chi connectivity index (χ1) is 11.1. The summed E-state index contributed by atoms with van der Waals surface area (Å²) in [6.45, 7) is 0. The van der Waals surface area contributed by atoms with Crippen LogP contribution in [0, 0.1) is 11.6 Å². The average Bonchev–Trinajstić information content (AvgIpc) is 3.00. The van der Waals surface area contributed by atoms with Gasteiger partial charge in [0.15, 0.2) is 0 Å². The van der Waals surface area contributed by atoms with Gasteiger partial charge >= 0.3 is 0 Å². The van der Waals surface area contributed by atoms with Crippen LogP contribution in [0.15, 0.2) is 36.5 Å². The Morgan fingerprint density at radius 2 is 2.04 bits per heavy atom. The van der Waals surface area contributed by atoms with Crippen LogP contribution in [0.1, 0.15) is 16.8 Å². The van der Waals surface area contributed by atoms with Crippen LogP contribution in [-0.2, 0) is 0 Å². The van der Waals surface area contributed by atoms with Gasteiger partial charge in [0.1, 0.15) is 17.7 Å². The maximum Gasteiger partial charge on any atom is 0.257 e. The molecule has 2 heterocycles. The van der Waals surface area contributed by atoms with Crippen molar-refractivity contribution in [2.75, 3.05) is 16.8 Å². The fourth-order valence-electron chi connectivity index (χ4n) is 2.19. The molecule has 1 saturated heterocycles. The van der Waals surface area contributed by atoms with E-state index < -0.39 is 17.5 Å². The van der Waals surface area contributed by atoms with E-state index >= 15 is 0 Å². The van der Waals surface area contributed by atoms with E-state index in [4.69, 9.17) is 4.74 Å². The molecule has 0 bridgehead atoms. The molecule has 1 unspecified atom stereocenters. The summed E-state index contributed by atoms with van der Waals surface area (Å²) in [4.78, 5) is 16.2. The van der Waals surface area contributed by atoms with Gasteiger partial charge in [-0.1, -0.05) is 0 Å². The van der Waals surface area contributed by atoms with Crippen molar-refractivity contribution < 1.29 is 18.3 Å². The predicted molar refractivity (Wildman–Crippen MR) is 84.9 cm³/mol. The summed E-state index contributed by atoms with van der Waals surface area (Å²) in [5.74, 6) is 0.481. The molecule has 2 aromatic rings. The first kappa shape index (κ1) is 15.7. The van der Waals surface area contributed by atoms with Gasteiger partial charge in [-0.05, 0) is 30.4 Å². The molecule has 1 atom stereocenters. The molecule has 23 heavy (non-hydrogen) atoms. The monoisotopic (exact) mass is 336 g/mol. The largest absolute Gasteiger partial charge is 0.473 e. The van der Waals surface area contributed by atoms with Crippen LogP contribution in [0.2, 0.25) is 0 Å². The van der Waals surface area contributed by atoms with Crippen molar-refractivity contribution in [1.29, 1.82) is 0 Å². The fourth-order valence-corrected chi connectivity index (χ4v) is 3.28. The molecule has 1 N–H and O–H groups in total. The number of anilines is 1. The number of ether oxygens (including phenoxy) is 1. The van der Waals surface area contributed by atoms with E-state index in [0.29, 0.717) is 5.88 Å². The molecule has 1 aromatic heterocycles. The minimum atomic E-state index is -0.753. The van der Waals surface area contributed by atoms with E-state index in [-0.39, 0.29) is 17.4 Å². The lowest BCUT2D eigenvalue weighted by molar-refractivity contribution is 0.102. The Balaban J connectivity index is 1.65. The lowest BCUT2D eigenvalue weighted by Crippen LogP contribution is -2.16. The van der Waals surface area contributed by atoms with Crippen molar-refractivity contribution in [3.05, 3.63) is 53.7 Å². The summed E-state index contributed by atoms with van der Waals surface area (Å²) in [7, 11) is 0. The van der Waals surface area contributed by atoms with Crippen LogP contribution >= 0.6 is 11.8 Å². The molecule has 0 radical (unpaired) electrons. The van der Waals surface area contributed by atoms with Gasteiger partial charge in [-0.3, -0.25) is 4.79 Å². The molecule has 0 spiro atoms. The van der Waals surface area contributed by atoms with Gasteiger partial charge < -0.3 is 10.1 Å². The Bertz CT molecular complexity index is 683. The lowest BCUT2D eigenvalue weighted by Gasteiger charge is -2.11. The molecule has 0 aliphatic carbocycles. The minimum Gasteiger partial charge on any atom is -0.473 e. The highest BCUT2D eigenvalue weighted by molar-refractivity contribution is 7.99. The van der Waals surface area contributed by atoms with E-state index in [0.717, 1.165) is 36.1 Å². The van der Waals surface area contributed by atoms with Crippen molar-refractivity contribution in [3.63, 3.8) is 0 Å². The number of aromatic nitrogens is 1. The number of rotatable bonds is 4. The molecular weight excluding hydrogens is 322 g/mol. The normalized spacial score (nSPS) is 17.0. The van der Waals surface area contributed by atoms with E-state index in [1.165, 1.54) is 6.20 Å². The Morgan fingerprint density at radius 1 is 1.26 bits per heavy atom. The first-order valence-electron chi connectivity index (χ1n) is 7.08. The van der Waals surface area contributed by atoms with Gasteiger partial charge in [-0.2, -0.15) is 11.8 Å². The number of benzene rings is 1.